The molecule has 0 aliphatic rings. The van der Waals surface area contributed by atoms with E-state index in [1.54, 1.807) is 0 Å². The molecular weight excluding hydrogens is 252 g/mol. The van der Waals surface area contributed by atoms with Crippen molar-refractivity contribution in [3.05, 3.63) is 40.5 Å². The smallest absolute Gasteiger partial charge is 0.332 e. The van der Waals surface area contributed by atoms with Crippen LogP contribution in [0.25, 0.3) is 10.9 Å². The topological polar surface area (TPSA) is 80.4 Å². The van der Waals surface area contributed by atoms with E-state index in [0.29, 0.717) is 10.7 Å². The number of nitrogens with two attached hydrogens (primary N) is 1. The number of pyridine rings is 1. The van der Waals surface area contributed by atoms with Crippen molar-refractivity contribution in [3.8, 4) is 0 Å². The lowest BCUT2D eigenvalue weighted by molar-refractivity contribution is 0.249. The first-order valence-corrected chi connectivity index (χ1v) is 5.60. The van der Waals surface area contributed by atoms with Crippen LogP contribution in [0.5, 0.6) is 0 Å². The van der Waals surface area contributed by atoms with Crippen molar-refractivity contribution in [1.82, 2.24) is 10.4 Å². The Morgan fingerprint density at radius 2 is 2.33 bits per heavy atom. The van der Waals surface area contributed by atoms with Crippen molar-refractivity contribution in [2.45, 2.75) is 6.92 Å². The third kappa shape index (κ3) is 2.57. The zero-order chi connectivity index (χ0) is 13.1. The van der Waals surface area contributed by atoms with Gasteiger partial charge in [0, 0.05) is 10.9 Å². The number of hydrogen-bond acceptors (Lipinski definition) is 3. The number of aromatic nitrogens is 1. The van der Waals surface area contributed by atoms with E-state index in [9.17, 15) is 4.79 Å². The fraction of sp³-hybridized carbons (Fsp3) is 0.0833. The highest BCUT2D eigenvalue weighted by molar-refractivity contribution is 6.32. The number of aryl methyl sites for hydroxylation is 1. The van der Waals surface area contributed by atoms with Gasteiger partial charge in [-0.3, -0.25) is 0 Å². The zero-order valence-electron chi connectivity index (χ0n) is 9.64. The third-order valence-corrected chi connectivity index (χ3v) is 2.71. The van der Waals surface area contributed by atoms with Gasteiger partial charge in [-0.2, -0.15) is 5.10 Å². The van der Waals surface area contributed by atoms with Crippen molar-refractivity contribution in [3.63, 3.8) is 0 Å². The highest BCUT2D eigenvalue weighted by Crippen LogP contribution is 2.21. The number of carbonyl (C=O) groups excluding carboxylic acids is 1. The van der Waals surface area contributed by atoms with Gasteiger partial charge in [0.15, 0.2) is 0 Å². The van der Waals surface area contributed by atoms with Gasteiger partial charge in [0.25, 0.3) is 0 Å². The number of fused-ring (bicyclic) bond motifs is 1. The van der Waals surface area contributed by atoms with Crippen molar-refractivity contribution in [1.29, 1.82) is 0 Å². The number of primary amides is 1. The number of para-hydroxylation sites is 1. The molecule has 3 N–H and O–H groups in total. The average Bonchev–Trinajstić information content (AvgIpc) is 2.31. The molecule has 0 aliphatic carbocycles. The van der Waals surface area contributed by atoms with Gasteiger partial charge in [-0.1, -0.05) is 29.8 Å². The molecule has 0 spiro atoms. The Balaban J connectivity index is 2.44. The third-order valence-electron chi connectivity index (χ3n) is 2.41. The lowest BCUT2D eigenvalue weighted by Gasteiger charge is -2.04. The van der Waals surface area contributed by atoms with E-state index in [1.807, 2.05) is 31.2 Å². The Hall–Kier alpha value is -2.14. The Labute approximate surface area is 109 Å². The molecule has 1 aromatic heterocycles. The van der Waals surface area contributed by atoms with Crippen molar-refractivity contribution >= 4 is 34.7 Å². The van der Waals surface area contributed by atoms with Gasteiger partial charge >= 0.3 is 6.03 Å². The Morgan fingerprint density at radius 3 is 3.06 bits per heavy atom. The maximum atomic E-state index is 10.5. The molecule has 0 saturated heterocycles. The summed E-state index contributed by atoms with van der Waals surface area (Å²) >= 11 is 6.04. The molecule has 6 heteroatoms. The van der Waals surface area contributed by atoms with Crippen LogP contribution in [0.1, 0.15) is 11.1 Å². The summed E-state index contributed by atoms with van der Waals surface area (Å²) in [6.07, 6.45) is 1.40. The minimum atomic E-state index is -0.730. The van der Waals surface area contributed by atoms with E-state index < -0.39 is 6.03 Å². The summed E-state index contributed by atoms with van der Waals surface area (Å²) in [4.78, 5) is 14.8. The maximum Gasteiger partial charge on any atom is 0.332 e. The van der Waals surface area contributed by atoms with Crippen LogP contribution in [0.2, 0.25) is 5.15 Å². The molecule has 0 atom stereocenters. The molecule has 0 saturated carbocycles. The first-order chi connectivity index (χ1) is 8.58. The predicted molar refractivity (Wildman–Crippen MR) is 71.8 cm³/mol. The fourth-order valence-corrected chi connectivity index (χ4v) is 1.78. The van der Waals surface area contributed by atoms with Gasteiger partial charge in [0.05, 0.1) is 11.7 Å². The second-order valence-corrected chi connectivity index (χ2v) is 4.11. The van der Waals surface area contributed by atoms with Crippen LogP contribution < -0.4 is 11.2 Å². The van der Waals surface area contributed by atoms with Gasteiger partial charge in [0.2, 0.25) is 0 Å². The summed E-state index contributed by atoms with van der Waals surface area (Å²) in [5, 5.41) is 4.94. The maximum absolute atomic E-state index is 10.5. The lowest BCUT2D eigenvalue weighted by atomic mass is 10.1. The molecular formula is C12H11ClN4O. The van der Waals surface area contributed by atoms with E-state index in [0.717, 1.165) is 16.5 Å². The van der Waals surface area contributed by atoms with Crippen LogP contribution in [0.3, 0.4) is 0 Å². The number of halogens is 1. The number of rotatable bonds is 2. The lowest BCUT2D eigenvalue weighted by Crippen LogP contribution is -2.24. The van der Waals surface area contributed by atoms with Gasteiger partial charge in [-0.25, -0.2) is 15.2 Å². The van der Waals surface area contributed by atoms with Gasteiger partial charge in [-0.05, 0) is 18.6 Å². The minimum absolute atomic E-state index is 0.326. The second kappa shape index (κ2) is 5.01. The molecule has 1 heterocycles. The molecule has 5 nitrogen and oxygen atoms in total. The molecule has 0 fully saturated rings. The number of hydrogen-bond donors (Lipinski definition) is 2. The van der Waals surface area contributed by atoms with E-state index >= 15 is 0 Å². The molecule has 0 radical (unpaired) electrons. The molecule has 2 aromatic rings. The van der Waals surface area contributed by atoms with Crippen LogP contribution in [0.4, 0.5) is 4.79 Å². The first kappa shape index (κ1) is 12.3. The summed E-state index contributed by atoms with van der Waals surface area (Å²) in [5.41, 5.74) is 9.51. The van der Waals surface area contributed by atoms with Crippen LogP contribution in [0, 0.1) is 6.92 Å². The molecule has 18 heavy (non-hydrogen) atoms. The van der Waals surface area contributed by atoms with Crippen LogP contribution in [-0.4, -0.2) is 17.2 Å². The summed E-state index contributed by atoms with van der Waals surface area (Å²) in [7, 11) is 0. The number of hydrazone groups is 1. The number of amides is 2. The van der Waals surface area contributed by atoms with E-state index in [2.05, 4.69) is 15.5 Å². The van der Waals surface area contributed by atoms with Gasteiger partial charge < -0.3 is 5.73 Å². The first-order valence-electron chi connectivity index (χ1n) is 5.22. The number of nitrogens with one attached hydrogen (secondary N) is 1. The quantitative estimate of drug-likeness (QED) is 0.494. The number of urea groups is 1. The van der Waals surface area contributed by atoms with Crippen LogP contribution >= 0.6 is 11.6 Å². The van der Waals surface area contributed by atoms with Crippen molar-refractivity contribution < 1.29 is 4.79 Å². The zero-order valence-corrected chi connectivity index (χ0v) is 10.4. The highest BCUT2D eigenvalue weighted by atomic mass is 35.5. The highest BCUT2D eigenvalue weighted by Gasteiger charge is 2.04. The molecule has 0 unspecified atom stereocenters. The largest absolute Gasteiger partial charge is 0.350 e. The summed E-state index contributed by atoms with van der Waals surface area (Å²) in [5.74, 6) is 0. The van der Waals surface area contributed by atoms with E-state index in [4.69, 9.17) is 17.3 Å². The minimum Gasteiger partial charge on any atom is -0.350 e. The van der Waals surface area contributed by atoms with Gasteiger partial charge in [0.1, 0.15) is 5.15 Å². The average molecular weight is 263 g/mol. The van der Waals surface area contributed by atoms with E-state index in [-0.39, 0.29) is 0 Å². The van der Waals surface area contributed by atoms with Crippen LogP contribution in [-0.2, 0) is 0 Å². The van der Waals surface area contributed by atoms with Crippen molar-refractivity contribution in [2.24, 2.45) is 10.8 Å². The normalized spacial score (nSPS) is 11.0. The number of carbonyl (C=O) groups is 1. The molecule has 92 valence electrons. The standard InChI is InChI=1S/C12H11ClN4O/c1-7-3-2-4-8-5-9(6-15-17-12(14)18)11(13)16-10(7)8/h2-6H,1H3,(H3,14,17,18). The molecule has 2 amide bonds. The molecule has 0 bridgehead atoms. The summed E-state index contributed by atoms with van der Waals surface area (Å²) in [6, 6.07) is 6.96. The number of nitrogens with zero attached hydrogens (tertiary/aromatic N) is 2. The molecule has 0 aliphatic heterocycles. The summed E-state index contributed by atoms with van der Waals surface area (Å²) in [6.45, 7) is 1.97. The molecule has 1 aromatic carbocycles. The Kier molecular flexibility index (Phi) is 3.43. The molecule has 2 rings (SSSR count). The van der Waals surface area contributed by atoms with Crippen LogP contribution in [0.15, 0.2) is 29.4 Å². The second-order valence-electron chi connectivity index (χ2n) is 3.75. The van der Waals surface area contributed by atoms with Crippen molar-refractivity contribution in [2.75, 3.05) is 0 Å². The number of benzene rings is 1. The monoisotopic (exact) mass is 262 g/mol. The van der Waals surface area contributed by atoms with Gasteiger partial charge in [-0.15, -0.1) is 0 Å². The van der Waals surface area contributed by atoms with E-state index in [1.165, 1.54) is 6.21 Å². The predicted octanol–water partition coefficient (Wildman–Crippen LogP) is 2.20. The Morgan fingerprint density at radius 1 is 1.56 bits per heavy atom. The SMILES string of the molecule is Cc1cccc2cc(C=NNC(N)=O)c(Cl)nc12. The summed E-state index contributed by atoms with van der Waals surface area (Å²) < 4.78 is 0. The fourth-order valence-electron chi connectivity index (χ4n) is 1.60. The Bertz CT molecular complexity index is 639.